The van der Waals surface area contributed by atoms with Crippen LogP contribution in [0.3, 0.4) is 0 Å². The summed E-state index contributed by atoms with van der Waals surface area (Å²) in [6.07, 6.45) is 5.38. The summed E-state index contributed by atoms with van der Waals surface area (Å²) in [6, 6.07) is 9.98. The first-order chi connectivity index (χ1) is 11.1. The van der Waals surface area contributed by atoms with Crippen LogP contribution in [0.4, 0.5) is 4.39 Å². The summed E-state index contributed by atoms with van der Waals surface area (Å²) >= 11 is 0. The lowest BCUT2D eigenvalue weighted by atomic mass is 9.91. The molecule has 2 aromatic rings. The zero-order valence-corrected chi connectivity index (χ0v) is 12.8. The number of hydrogen-bond donors (Lipinski definition) is 2. The van der Waals surface area contributed by atoms with Crippen LogP contribution in [0.25, 0.3) is 11.3 Å². The fraction of sp³-hybridized carbons (Fsp3) is 0.333. The number of halogens is 1. The highest BCUT2D eigenvalue weighted by Crippen LogP contribution is 2.19. The molecule has 1 aliphatic rings. The van der Waals surface area contributed by atoms with Crippen molar-refractivity contribution in [1.29, 1.82) is 0 Å². The highest BCUT2D eigenvalue weighted by molar-refractivity contribution is 5.94. The Hall–Kier alpha value is -2.27. The summed E-state index contributed by atoms with van der Waals surface area (Å²) in [6.45, 7) is 0. The smallest absolute Gasteiger partial charge is 0.253 e. The molecule has 3 rings (SSSR count). The van der Waals surface area contributed by atoms with Crippen LogP contribution >= 0.6 is 0 Å². The molecule has 4 nitrogen and oxygen atoms in total. The van der Waals surface area contributed by atoms with Gasteiger partial charge in [-0.2, -0.15) is 0 Å². The second kappa shape index (κ2) is 6.87. The van der Waals surface area contributed by atoms with E-state index < -0.39 is 0 Å². The Kier molecular flexibility index (Phi) is 4.67. The Morgan fingerprint density at radius 2 is 2.13 bits per heavy atom. The van der Waals surface area contributed by atoms with Crippen LogP contribution in [0.15, 0.2) is 42.6 Å². The average molecular weight is 313 g/mol. The van der Waals surface area contributed by atoms with Gasteiger partial charge in [-0.15, -0.1) is 0 Å². The van der Waals surface area contributed by atoms with Gasteiger partial charge in [-0.05, 0) is 49.9 Å². The molecule has 1 aromatic heterocycles. The molecular weight excluding hydrogens is 293 g/mol. The van der Waals surface area contributed by atoms with E-state index in [4.69, 9.17) is 5.73 Å². The van der Waals surface area contributed by atoms with Gasteiger partial charge in [0.15, 0.2) is 0 Å². The number of carbonyl (C=O) groups excluding carboxylic acids is 1. The average Bonchev–Trinajstić information content (AvgIpc) is 2.55. The van der Waals surface area contributed by atoms with E-state index in [-0.39, 0.29) is 23.8 Å². The van der Waals surface area contributed by atoms with Gasteiger partial charge in [-0.3, -0.25) is 9.78 Å². The molecule has 0 bridgehead atoms. The third-order valence-corrected chi connectivity index (χ3v) is 4.20. The summed E-state index contributed by atoms with van der Waals surface area (Å²) in [7, 11) is 0. The van der Waals surface area contributed by atoms with Crippen molar-refractivity contribution in [1.82, 2.24) is 10.3 Å². The lowest BCUT2D eigenvalue weighted by Gasteiger charge is -2.27. The fourth-order valence-electron chi connectivity index (χ4n) is 2.97. The molecule has 5 heteroatoms. The van der Waals surface area contributed by atoms with Gasteiger partial charge in [0.1, 0.15) is 5.82 Å². The third-order valence-electron chi connectivity index (χ3n) is 4.20. The van der Waals surface area contributed by atoms with Gasteiger partial charge in [-0.1, -0.05) is 12.1 Å². The van der Waals surface area contributed by atoms with E-state index in [1.165, 1.54) is 18.3 Å². The molecule has 0 radical (unpaired) electrons. The maximum Gasteiger partial charge on any atom is 0.253 e. The number of hydrogen-bond acceptors (Lipinski definition) is 3. The predicted octanol–water partition coefficient (Wildman–Crippen LogP) is 2.89. The molecule has 23 heavy (non-hydrogen) atoms. The number of pyridine rings is 1. The molecule has 3 N–H and O–H groups in total. The van der Waals surface area contributed by atoms with Crippen LogP contribution in [-0.4, -0.2) is 23.0 Å². The first-order valence-electron chi connectivity index (χ1n) is 7.90. The third kappa shape index (κ3) is 3.93. The van der Waals surface area contributed by atoms with Crippen LogP contribution in [0.5, 0.6) is 0 Å². The van der Waals surface area contributed by atoms with Gasteiger partial charge in [0.25, 0.3) is 5.91 Å². The highest BCUT2D eigenvalue weighted by atomic mass is 19.1. The van der Waals surface area contributed by atoms with Crippen molar-refractivity contribution >= 4 is 5.91 Å². The van der Waals surface area contributed by atoms with E-state index in [9.17, 15) is 9.18 Å². The number of aromatic nitrogens is 1. The topological polar surface area (TPSA) is 68.0 Å². The van der Waals surface area contributed by atoms with E-state index >= 15 is 0 Å². The largest absolute Gasteiger partial charge is 0.349 e. The zero-order valence-electron chi connectivity index (χ0n) is 12.8. The molecule has 120 valence electrons. The first kappa shape index (κ1) is 15.6. The molecule has 0 spiro atoms. The minimum absolute atomic E-state index is 0.133. The second-order valence-electron chi connectivity index (χ2n) is 6.04. The van der Waals surface area contributed by atoms with Crippen LogP contribution in [0.1, 0.15) is 36.0 Å². The number of amides is 1. The zero-order chi connectivity index (χ0) is 16.2. The van der Waals surface area contributed by atoms with Crippen LogP contribution in [-0.2, 0) is 0 Å². The van der Waals surface area contributed by atoms with Gasteiger partial charge in [0, 0.05) is 23.8 Å². The Labute approximate surface area is 134 Å². The van der Waals surface area contributed by atoms with Gasteiger partial charge < -0.3 is 11.1 Å². The summed E-state index contributed by atoms with van der Waals surface area (Å²) in [4.78, 5) is 16.5. The van der Waals surface area contributed by atoms with Gasteiger partial charge in [0.05, 0.1) is 11.3 Å². The van der Waals surface area contributed by atoms with E-state index in [2.05, 4.69) is 10.3 Å². The number of benzene rings is 1. The van der Waals surface area contributed by atoms with Crippen molar-refractivity contribution in [2.45, 2.75) is 37.8 Å². The first-order valence-corrected chi connectivity index (χ1v) is 7.90. The Morgan fingerprint density at radius 1 is 1.26 bits per heavy atom. The van der Waals surface area contributed by atoms with E-state index in [0.717, 1.165) is 25.7 Å². The molecule has 0 saturated heterocycles. The fourth-order valence-corrected chi connectivity index (χ4v) is 2.97. The quantitative estimate of drug-likeness (QED) is 0.915. The van der Waals surface area contributed by atoms with E-state index in [1.807, 2.05) is 0 Å². The minimum atomic E-state index is -0.306. The maximum absolute atomic E-state index is 13.3. The summed E-state index contributed by atoms with van der Waals surface area (Å²) in [5, 5.41) is 3.01. The van der Waals surface area contributed by atoms with E-state index in [1.54, 1.807) is 24.3 Å². The Balaban J connectivity index is 1.68. The number of nitrogens with one attached hydrogen (secondary N) is 1. The SMILES string of the molecule is NC1CCCC(NC(=O)c2ccc(-c3cccc(F)c3)nc2)C1. The van der Waals surface area contributed by atoms with Crippen molar-refractivity contribution in [3.05, 3.63) is 54.0 Å². The maximum atomic E-state index is 13.3. The van der Waals surface area contributed by atoms with Crippen LogP contribution in [0.2, 0.25) is 0 Å². The van der Waals surface area contributed by atoms with Crippen molar-refractivity contribution in [3.8, 4) is 11.3 Å². The van der Waals surface area contributed by atoms with Gasteiger partial charge >= 0.3 is 0 Å². The van der Waals surface area contributed by atoms with Crippen molar-refractivity contribution in [2.24, 2.45) is 5.73 Å². The lowest BCUT2D eigenvalue weighted by Crippen LogP contribution is -2.42. The van der Waals surface area contributed by atoms with Crippen LogP contribution < -0.4 is 11.1 Å². The molecule has 1 aromatic carbocycles. The number of rotatable bonds is 3. The summed E-state index contributed by atoms with van der Waals surface area (Å²) in [5.74, 6) is -0.442. The molecule has 1 amide bonds. The Bertz CT molecular complexity index is 687. The number of nitrogens with two attached hydrogens (primary N) is 1. The molecular formula is C18H20FN3O. The monoisotopic (exact) mass is 313 g/mol. The van der Waals surface area contributed by atoms with Crippen molar-refractivity contribution in [3.63, 3.8) is 0 Å². The van der Waals surface area contributed by atoms with Crippen molar-refractivity contribution in [2.75, 3.05) is 0 Å². The highest BCUT2D eigenvalue weighted by Gasteiger charge is 2.21. The second-order valence-corrected chi connectivity index (χ2v) is 6.04. The Morgan fingerprint density at radius 3 is 2.83 bits per heavy atom. The summed E-state index contributed by atoms with van der Waals surface area (Å²) < 4.78 is 13.3. The normalized spacial score (nSPS) is 21.0. The minimum Gasteiger partial charge on any atom is -0.349 e. The predicted molar refractivity (Wildman–Crippen MR) is 87.3 cm³/mol. The summed E-state index contributed by atoms with van der Waals surface area (Å²) in [5.41, 5.74) is 7.78. The molecule has 1 aliphatic carbocycles. The van der Waals surface area contributed by atoms with Gasteiger partial charge in [-0.25, -0.2) is 4.39 Å². The number of nitrogens with zero attached hydrogens (tertiary/aromatic N) is 1. The molecule has 1 fully saturated rings. The molecule has 0 aliphatic heterocycles. The standard InChI is InChI=1S/C18H20FN3O/c19-14-4-1-3-12(9-14)17-8-7-13(11-21-17)18(23)22-16-6-2-5-15(20)10-16/h1,3-4,7-9,11,15-16H,2,5-6,10,20H2,(H,22,23). The van der Waals surface area contributed by atoms with Crippen LogP contribution in [0, 0.1) is 5.82 Å². The molecule has 2 unspecified atom stereocenters. The van der Waals surface area contributed by atoms with E-state index in [0.29, 0.717) is 16.8 Å². The lowest BCUT2D eigenvalue weighted by molar-refractivity contribution is 0.0925. The number of carbonyl (C=O) groups is 1. The molecule has 1 saturated carbocycles. The van der Waals surface area contributed by atoms with Gasteiger partial charge in [0.2, 0.25) is 0 Å². The molecule has 1 heterocycles. The van der Waals surface area contributed by atoms with Crippen molar-refractivity contribution < 1.29 is 9.18 Å². The molecule has 2 atom stereocenters.